The minimum atomic E-state index is -0.815. The summed E-state index contributed by atoms with van der Waals surface area (Å²) in [6.45, 7) is 1.68. The Morgan fingerprint density at radius 3 is 2.53 bits per heavy atom. The SMILES string of the molecule is C#Cc1ccc2cc(C(C)C(=O)O)ccc2c1. The minimum absolute atomic E-state index is 0.494. The van der Waals surface area contributed by atoms with Crippen molar-refractivity contribution in [3.63, 3.8) is 0 Å². The number of aliphatic carboxylic acids is 1. The van der Waals surface area contributed by atoms with Crippen LogP contribution < -0.4 is 0 Å². The molecule has 0 radical (unpaired) electrons. The summed E-state index contributed by atoms with van der Waals surface area (Å²) in [5.74, 6) is 1.27. The predicted molar refractivity (Wildman–Crippen MR) is 67.9 cm³/mol. The van der Waals surface area contributed by atoms with E-state index in [0.717, 1.165) is 21.9 Å². The van der Waals surface area contributed by atoms with Crippen LogP contribution in [0.4, 0.5) is 0 Å². The highest BCUT2D eigenvalue weighted by molar-refractivity contribution is 5.86. The Hall–Kier alpha value is -2.27. The van der Waals surface area contributed by atoms with E-state index in [1.807, 2.05) is 36.4 Å². The standard InChI is InChI=1S/C15H12O2/c1-3-11-4-5-14-9-12(10(2)15(16)17)6-7-13(14)8-11/h1,4-10H,2H3,(H,16,17). The molecule has 2 aromatic carbocycles. The van der Waals surface area contributed by atoms with Gasteiger partial charge in [0.2, 0.25) is 0 Å². The zero-order chi connectivity index (χ0) is 12.4. The maximum atomic E-state index is 10.9. The molecular weight excluding hydrogens is 212 g/mol. The molecule has 1 N–H and O–H groups in total. The van der Waals surface area contributed by atoms with Crippen LogP contribution in [0.5, 0.6) is 0 Å². The van der Waals surface area contributed by atoms with Crippen LogP contribution in [0.2, 0.25) is 0 Å². The van der Waals surface area contributed by atoms with Gasteiger partial charge in [-0.05, 0) is 35.4 Å². The normalized spacial score (nSPS) is 12.0. The molecule has 17 heavy (non-hydrogen) atoms. The zero-order valence-electron chi connectivity index (χ0n) is 9.47. The van der Waals surface area contributed by atoms with E-state index in [2.05, 4.69) is 5.92 Å². The number of carboxylic acids is 1. The molecule has 2 rings (SSSR count). The summed E-state index contributed by atoms with van der Waals surface area (Å²) in [7, 11) is 0. The second kappa shape index (κ2) is 4.31. The molecule has 0 amide bonds. The Labute approximate surface area is 99.9 Å². The monoisotopic (exact) mass is 224 g/mol. The predicted octanol–water partition coefficient (Wildman–Crippen LogP) is 3.01. The summed E-state index contributed by atoms with van der Waals surface area (Å²) in [6, 6.07) is 11.3. The number of hydrogen-bond acceptors (Lipinski definition) is 1. The minimum Gasteiger partial charge on any atom is -0.481 e. The fourth-order valence-corrected chi connectivity index (χ4v) is 1.77. The third kappa shape index (κ3) is 2.14. The van der Waals surface area contributed by atoms with Crippen LogP contribution in [0.25, 0.3) is 10.8 Å². The van der Waals surface area contributed by atoms with Crippen LogP contribution in [-0.2, 0) is 4.79 Å². The highest BCUT2D eigenvalue weighted by atomic mass is 16.4. The van der Waals surface area contributed by atoms with Crippen LogP contribution in [-0.4, -0.2) is 11.1 Å². The molecule has 0 saturated carbocycles. The van der Waals surface area contributed by atoms with Gasteiger partial charge in [0.1, 0.15) is 0 Å². The van der Waals surface area contributed by atoms with Crippen molar-refractivity contribution in [2.24, 2.45) is 0 Å². The van der Waals surface area contributed by atoms with Crippen LogP contribution in [0.15, 0.2) is 36.4 Å². The quantitative estimate of drug-likeness (QED) is 0.796. The summed E-state index contributed by atoms with van der Waals surface area (Å²) in [6.07, 6.45) is 5.33. The topological polar surface area (TPSA) is 37.3 Å². The van der Waals surface area contributed by atoms with Gasteiger partial charge in [-0.25, -0.2) is 0 Å². The van der Waals surface area contributed by atoms with E-state index in [9.17, 15) is 4.79 Å². The molecule has 1 unspecified atom stereocenters. The van der Waals surface area contributed by atoms with E-state index in [-0.39, 0.29) is 0 Å². The molecule has 0 aliphatic heterocycles. The Kier molecular flexibility index (Phi) is 2.84. The van der Waals surface area contributed by atoms with Crippen molar-refractivity contribution in [1.82, 2.24) is 0 Å². The van der Waals surface area contributed by atoms with E-state index in [1.54, 1.807) is 6.92 Å². The summed E-state index contributed by atoms with van der Waals surface area (Å²) in [4.78, 5) is 10.9. The lowest BCUT2D eigenvalue weighted by molar-refractivity contribution is -0.138. The van der Waals surface area contributed by atoms with Crippen molar-refractivity contribution < 1.29 is 9.90 Å². The van der Waals surface area contributed by atoms with Crippen molar-refractivity contribution >= 4 is 16.7 Å². The first kappa shape index (κ1) is 11.2. The molecule has 2 heteroatoms. The summed E-state index contributed by atoms with van der Waals surface area (Å²) < 4.78 is 0. The summed E-state index contributed by atoms with van der Waals surface area (Å²) in [5.41, 5.74) is 1.63. The molecule has 2 nitrogen and oxygen atoms in total. The number of rotatable bonds is 2. The average Bonchev–Trinajstić information content (AvgIpc) is 2.36. The lowest BCUT2D eigenvalue weighted by atomic mass is 9.97. The second-order valence-electron chi connectivity index (χ2n) is 4.03. The molecule has 0 aromatic heterocycles. The molecule has 0 spiro atoms. The van der Waals surface area contributed by atoms with E-state index in [4.69, 9.17) is 11.5 Å². The maximum absolute atomic E-state index is 10.9. The molecule has 0 fully saturated rings. The van der Waals surface area contributed by atoms with E-state index in [1.165, 1.54) is 0 Å². The van der Waals surface area contributed by atoms with Gasteiger partial charge in [-0.3, -0.25) is 4.79 Å². The molecule has 0 aliphatic rings. The number of carbonyl (C=O) groups is 1. The van der Waals surface area contributed by atoms with Crippen LogP contribution in [0, 0.1) is 12.3 Å². The van der Waals surface area contributed by atoms with Crippen LogP contribution in [0.3, 0.4) is 0 Å². The molecule has 84 valence electrons. The Morgan fingerprint density at radius 1 is 1.24 bits per heavy atom. The molecule has 1 atom stereocenters. The van der Waals surface area contributed by atoms with Crippen molar-refractivity contribution in [2.45, 2.75) is 12.8 Å². The lowest BCUT2D eigenvalue weighted by Gasteiger charge is -2.08. The highest BCUT2D eigenvalue weighted by Crippen LogP contribution is 2.22. The van der Waals surface area contributed by atoms with Gasteiger partial charge < -0.3 is 5.11 Å². The third-order valence-electron chi connectivity index (χ3n) is 2.90. The summed E-state index contributed by atoms with van der Waals surface area (Å²) in [5, 5.41) is 11.0. The third-order valence-corrected chi connectivity index (χ3v) is 2.90. The largest absolute Gasteiger partial charge is 0.481 e. The fourth-order valence-electron chi connectivity index (χ4n) is 1.77. The Balaban J connectivity index is 2.53. The first-order valence-electron chi connectivity index (χ1n) is 5.35. The van der Waals surface area contributed by atoms with Gasteiger partial charge in [0, 0.05) is 5.56 Å². The van der Waals surface area contributed by atoms with Crippen molar-refractivity contribution in [2.75, 3.05) is 0 Å². The highest BCUT2D eigenvalue weighted by Gasteiger charge is 2.13. The van der Waals surface area contributed by atoms with E-state index < -0.39 is 11.9 Å². The smallest absolute Gasteiger partial charge is 0.310 e. The first-order valence-corrected chi connectivity index (χ1v) is 5.35. The number of hydrogen-bond donors (Lipinski definition) is 1. The van der Waals surface area contributed by atoms with Gasteiger partial charge in [0.25, 0.3) is 0 Å². The number of fused-ring (bicyclic) bond motifs is 1. The van der Waals surface area contributed by atoms with Crippen molar-refractivity contribution in [3.8, 4) is 12.3 Å². The van der Waals surface area contributed by atoms with Gasteiger partial charge >= 0.3 is 5.97 Å². The maximum Gasteiger partial charge on any atom is 0.310 e. The van der Waals surface area contributed by atoms with Gasteiger partial charge in [0.05, 0.1) is 5.92 Å². The molecule has 0 saturated heterocycles. The Morgan fingerprint density at radius 2 is 1.88 bits per heavy atom. The van der Waals surface area contributed by atoms with Crippen LogP contribution in [0.1, 0.15) is 24.0 Å². The molecular formula is C15H12O2. The molecule has 2 aromatic rings. The molecule has 0 heterocycles. The van der Waals surface area contributed by atoms with E-state index in [0.29, 0.717) is 0 Å². The van der Waals surface area contributed by atoms with Gasteiger partial charge in [-0.2, -0.15) is 0 Å². The van der Waals surface area contributed by atoms with Crippen LogP contribution >= 0.6 is 0 Å². The second-order valence-corrected chi connectivity index (χ2v) is 4.03. The molecule has 0 aliphatic carbocycles. The molecule has 0 bridgehead atoms. The van der Waals surface area contributed by atoms with Gasteiger partial charge in [-0.15, -0.1) is 6.42 Å². The summed E-state index contributed by atoms with van der Waals surface area (Å²) >= 11 is 0. The fraction of sp³-hybridized carbons (Fsp3) is 0.133. The van der Waals surface area contributed by atoms with Crippen molar-refractivity contribution in [3.05, 3.63) is 47.5 Å². The Bertz CT molecular complexity index is 620. The number of carboxylic acid groups (broad SMARTS) is 1. The van der Waals surface area contributed by atoms with Crippen molar-refractivity contribution in [1.29, 1.82) is 0 Å². The van der Waals surface area contributed by atoms with Gasteiger partial charge in [-0.1, -0.05) is 30.2 Å². The number of terminal acetylenes is 1. The number of benzene rings is 2. The lowest BCUT2D eigenvalue weighted by Crippen LogP contribution is -2.06. The first-order chi connectivity index (χ1) is 8.11. The van der Waals surface area contributed by atoms with Gasteiger partial charge in [0.15, 0.2) is 0 Å². The zero-order valence-corrected chi connectivity index (χ0v) is 9.47. The van der Waals surface area contributed by atoms with E-state index >= 15 is 0 Å². The average molecular weight is 224 g/mol.